The standard InChI is InChI=1S/C13H12Br2N2O3S/c1-3-17-12(19)7(16-13(17)21)4-6-5-8(20-2)11(18)10(15)9(6)14/h4-5,18H,3H2,1-2H3,(H,16,21)/b7-4-. The third-order valence-electron chi connectivity index (χ3n) is 2.97. The maximum atomic E-state index is 12.2. The number of carbonyl (C=O) groups excluding carboxylic acids is 1. The van der Waals surface area contributed by atoms with Crippen LogP contribution in [0.1, 0.15) is 12.5 Å². The molecule has 1 amide bonds. The van der Waals surface area contributed by atoms with Crippen LogP contribution in [-0.4, -0.2) is 34.7 Å². The fourth-order valence-electron chi connectivity index (χ4n) is 1.89. The molecule has 8 heteroatoms. The van der Waals surface area contributed by atoms with Crippen molar-refractivity contribution in [2.75, 3.05) is 13.7 Å². The first-order valence-corrected chi connectivity index (χ1v) is 7.99. The van der Waals surface area contributed by atoms with Gasteiger partial charge < -0.3 is 15.2 Å². The summed E-state index contributed by atoms with van der Waals surface area (Å²) < 4.78 is 6.17. The maximum Gasteiger partial charge on any atom is 0.276 e. The van der Waals surface area contributed by atoms with E-state index in [0.29, 0.717) is 37.6 Å². The Morgan fingerprint density at radius 1 is 1.48 bits per heavy atom. The van der Waals surface area contributed by atoms with E-state index >= 15 is 0 Å². The molecule has 0 aromatic heterocycles. The third kappa shape index (κ3) is 2.93. The van der Waals surface area contributed by atoms with Crippen LogP contribution < -0.4 is 10.1 Å². The van der Waals surface area contributed by atoms with E-state index < -0.39 is 0 Å². The van der Waals surface area contributed by atoms with Gasteiger partial charge in [0.2, 0.25) is 0 Å². The lowest BCUT2D eigenvalue weighted by molar-refractivity contribution is -0.122. The second-order valence-corrected chi connectivity index (χ2v) is 6.15. The Morgan fingerprint density at radius 3 is 2.67 bits per heavy atom. The molecule has 21 heavy (non-hydrogen) atoms. The van der Waals surface area contributed by atoms with Crippen LogP contribution in [0.15, 0.2) is 20.7 Å². The summed E-state index contributed by atoms with van der Waals surface area (Å²) in [6.45, 7) is 2.36. The van der Waals surface area contributed by atoms with Gasteiger partial charge in [-0.1, -0.05) is 0 Å². The van der Waals surface area contributed by atoms with E-state index in [2.05, 4.69) is 37.2 Å². The van der Waals surface area contributed by atoms with E-state index in [1.54, 1.807) is 12.1 Å². The summed E-state index contributed by atoms with van der Waals surface area (Å²) in [5.41, 5.74) is 1.05. The van der Waals surface area contributed by atoms with Crippen LogP contribution in [0.3, 0.4) is 0 Å². The number of methoxy groups -OCH3 is 1. The minimum Gasteiger partial charge on any atom is -0.503 e. The number of hydrogen-bond donors (Lipinski definition) is 2. The number of nitrogens with one attached hydrogen (secondary N) is 1. The average molecular weight is 436 g/mol. The maximum absolute atomic E-state index is 12.2. The van der Waals surface area contributed by atoms with Gasteiger partial charge in [-0.15, -0.1) is 0 Å². The first-order valence-electron chi connectivity index (χ1n) is 6.00. The number of thiocarbonyl (C=S) groups is 1. The molecule has 2 N–H and O–H groups in total. The summed E-state index contributed by atoms with van der Waals surface area (Å²) in [5.74, 6) is 0.109. The quantitative estimate of drug-likeness (QED) is 0.564. The van der Waals surface area contributed by atoms with Gasteiger partial charge in [0.25, 0.3) is 5.91 Å². The SMILES string of the molecule is CCN1C(=O)/C(=C/c2cc(OC)c(O)c(Br)c2Br)NC1=S. The molecule has 1 aliphatic heterocycles. The van der Waals surface area contributed by atoms with Crippen molar-refractivity contribution < 1.29 is 14.6 Å². The largest absolute Gasteiger partial charge is 0.503 e. The topological polar surface area (TPSA) is 61.8 Å². The van der Waals surface area contributed by atoms with Gasteiger partial charge in [-0.2, -0.15) is 0 Å². The van der Waals surface area contributed by atoms with Crippen LogP contribution in [0.5, 0.6) is 11.5 Å². The molecule has 0 spiro atoms. The number of ether oxygens (including phenoxy) is 1. The highest BCUT2D eigenvalue weighted by Gasteiger charge is 2.29. The summed E-state index contributed by atoms with van der Waals surface area (Å²) in [5, 5.41) is 13.2. The second-order valence-electron chi connectivity index (χ2n) is 4.18. The van der Waals surface area contributed by atoms with Crippen molar-refractivity contribution in [3.05, 3.63) is 26.3 Å². The van der Waals surface area contributed by atoms with Crippen LogP contribution in [0.2, 0.25) is 0 Å². The fraction of sp³-hybridized carbons (Fsp3) is 0.231. The number of carbonyl (C=O) groups is 1. The lowest BCUT2D eigenvalue weighted by Gasteiger charge is -2.10. The molecule has 0 aliphatic carbocycles. The molecule has 1 aliphatic rings. The molecule has 0 unspecified atom stereocenters. The Labute approximate surface area is 144 Å². The van der Waals surface area contributed by atoms with Crippen LogP contribution in [0, 0.1) is 0 Å². The van der Waals surface area contributed by atoms with Crippen molar-refractivity contribution >= 4 is 61.2 Å². The molecule has 1 saturated heterocycles. The normalized spacial score (nSPS) is 16.6. The predicted octanol–water partition coefficient (Wildman–Crippen LogP) is 3.00. The zero-order valence-electron chi connectivity index (χ0n) is 11.2. The minimum absolute atomic E-state index is 0.0112. The van der Waals surface area contributed by atoms with E-state index in [9.17, 15) is 9.90 Å². The third-order valence-corrected chi connectivity index (χ3v) is 5.45. The lowest BCUT2D eigenvalue weighted by Crippen LogP contribution is -2.30. The van der Waals surface area contributed by atoms with E-state index in [1.165, 1.54) is 12.0 Å². The number of rotatable bonds is 3. The molecule has 1 aromatic rings. The number of halogens is 2. The van der Waals surface area contributed by atoms with Crippen molar-refractivity contribution in [3.8, 4) is 11.5 Å². The summed E-state index contributed by atoms with van der Waals surface area (Å²) in [7, 11) is 1.46. The first kappa shape index (κ1) is 16.3. The van der Waals surface area contributed by atoms with E-state index in [1.807, 2.05) is 6.92 Å². The van der Waals surface area contributed by atoms with Crippen molar-refractivity contribution in [3.63, 3.8) is 0 Å². The summed E-state index contributed by atoms with van der Waals surface area (Å²) in [6, 6.07) is 1.63. The van der Waals surface area contributed by atoms with Gasteiger partial charge in [0.15, 0.2) is 16.6 Å². The molecule has 1 fully saturated rings. The van der Waals surface area contributed by atoms with Crippen molar-refractivity contribution in [1.82, 2.24) is 10.2 Å². The molecule has 112 valence electrons. The van der Waals surface area contributed by atoms with Gasteiger partial charge in [-0.3, -0.25) is 9.69 Å². The van der Waals surface area contributed by atoms with Gasteiger partial charge in [-0.05, 0) is 68.7 Å². The number of phenolic OH excluding ortho intramolecular Hbond substituents is 1. The van der Waals surface area contributed by atoms with Crippen LogP contribution in [0.25, 0.3) is 6.08 Å². The Bertz CT molecular complexity index is 661. The predicted molar refractivity (Wildman–Crippen MR) is 91.2 cm³/mol. The highest BCUT2D eigenvalue weighted by atomic mass is 79.9. The van der Waals surface area contributed by atoms with E-state index in [4.69, 9.17) is 17.0 Å². The zero-order valence-corrected chi connectivity index (χ0v) is 15.2. The molecule has 2 rings (SSSR count). The summed E-state index contributed by atoms with van der Waals surface area (Å²) in [4.78, 5) is 13.6. The number of hydrogen-bond acceptors (Lipinski definition) is 4. The molecule has 5 nitrogen and oxygen atoms in total. The van der Waals surface area contributed by atoms with E-state index in [-0.39, 0.29) is 11.7 Å². The van der Waals surface area contributed by atoms with Crippen LogP contribution in [-0.2, 0) is 4.79 Å². The zero-order chi connectivity index (χ0) is 15.7. The van der Waals surface area contributed by atoms with Crippen molar-refractivity contribution in [2.45, 2.75) is 6.92 Å². The number of nitrogens with zero attached hydrogens (tertiary/aromatic N) is 1. The number of phenols is 1. The monoisotopic (exact) mass is 434 g/mol. The Balaban J connectivity index is 2.49. The summed E-state index contributed by atoms with van der Waals surface area (Å²) >= 11 is 11.8. The van der Waals surface area contributed by atoms with Gasteiger partial charge in [0.05, 0.1) is 11.6 Å². The molecular weight excluding hydrogens is 424 g/mol. The van der Waals surface area contributed by atoms with Crippen LogP contribution in [0.4, 0.5) is 0 Å². The second kappa shape index (κ2) is 6.33. The van der Waals surface area contributed by atoms with Gasteiger partial charge in [0.1, 0.15) is 5.70 Å². The Hall–Kier alpha value is -1.12. The first-order chi connectivity index (χ1) is 9.90. The van der Waals surface area contributed by atoms with Gasteiger partial charge in [0, 0.05) is 11.0 Å². The van der Waals surface area contributed by atoms with Crippen LogP contribution >= 0.6 is 44.1 Å². The highest BCUT2D eigenvalue weighted by Crippen LogP contribution is 2.42. The van der Waals surface area contributed by atoms with Crippen molar-refractivity contribution in [1.29, 1.82) is 0 Å². The fourth-order valence-corrected chi connectivity index (χ4v) is 3.05. The number of benzene rings is 1. The Kier molecular flexibility index (Phi) is 4.90. The molecule has 0 saturated carbocycles. The Morgan fingerprint density at radius 2 is 2.14 bits per heavy atom. The molecule has 0 atom stereocenters. The minimum atomic E-state index is -0.183. The highest BCUT2D eigenvalue weighted by molar-refractivity contribution is 9.13. The summed E-state index contributed by atoms with van der Waals surface area (Å²) in [6.07, 6.45) is 1.65. The smallest absolute Gasteiger partial charge is 0.276 e. The van der Waals surface area contributed by atoms with Gasteiger partial charge in [-0.25, -0.2) is 0 Å². The number of amides is 1. The van der Waals surface area contributed by atoms with Gasteiger partial charge >= 0.3 is 0 Å². The molecule has 0 radical (unpaired) electrons. The molecule has 0 bridgehead atoms. The number of likely N-dealkylation sites (N-methyl/N-ethyl adjacent to an activating group) is 1. The molecular formula is C13H12Br2N2O3S. The van der Waals surface area contributed by atoms with E-state index in [0.717, 1.165) is 0 Å². The molecule has 1 heterocycles. The van der Waals surface area contributed by atoms with Crippen molar-refractivity contribution in [2.24, 2.45) is 0 Å². The molecule has 1 aromatic carbocycles. The lowest BCUT2D eigenvalue weighted by atomic mass is 10.1. The average Bonchev–Trinajstić information content (AvgIpc) is 2.73. The number of aromatic hydroxyl groups is 1.